The fourth-order valence-corrected chi connectivity index (χ4v) is 4.85. The van der Waals surface area contributed by atoms with Crippen LogP contribution in [0.3, 0.4) is 0 Å². The maximum Gasteiger partial charge on any atom is 0.139 e. The van der Waals surface area contributed by atoms with Crippen LogP contribution in [-0.2, 0) is 12.4 Å². The van der Waals surface area contributed by atoms with Gasteiger partial charge in [-0.15, -0.1) is 11.6 Å². The van der Waals surface area contributed by atoms with Crippen LogP contribution in [0.25, 0.3) is 11.0 Å². The molecule has 2 aromatic rings. The lowest BCUT2D eigenvalue weighted by atomic mass is 9.89. The lowest BCUT2D eigenvalue weighted by Crippen LogP contribution is -2.18. The average molecular weight is 372 g/mol. The SMILES string of the molecule is Fc1cc2c(cc1Br)nc(CCl)n2CC1CC2CCC1C2. The highest BCUT2D eigenvalue weighted by atomic mass is 79.9. The molecule has 2 fully saturated rings. The van der Waals surface area contributed by atoms with Crippen LogP contribution in [0.4, 0.5) is 4.39 Å². The van der Waals surface area contributed by atoms with E-state index in [1.165, 1.54) is 25.7 Å². The van der Waals surface area contributed by atoms with Crippen molar-refractivity contribution in [3.8, 4) is 0 Å². The van der Waals surface area contributed by atoms with Crippen molar-refractivity contribution >= 4 is 38.6 Å². The van der Waals surface area contributed by atoms with Crippen LogP contribution in [0.5, 0.6) is 0 Å². The van der Waals surface area contributed by atoms with Crippen molar-refractivity contribution < 1.29 is 4.39 Å². The highest BCUT2D eigenvalue weighted by Gasteiger charge is 2.39. The fraction of sp³-hybridized carbons (Fsp3) is 0.562. The Morgan fingerprint density at radius 2 is 2.19 bits per heavy atom. The van der Waals surface area contributed by atoms with Crippen LogP contribution in [0, 0.1) is 23.6 Å². The lowest BCUT2D eigenvalue weighted by Gasteiger charge is -2.23. The predicted molar refractivity (Wildman–Crippen MR) is 85.9 cm³/mol. The molecule has 3 unspecified atom stereocenters. The molecule has 0 spiro atoms. The smallest absolute Gasteiger partial charge is 0.139 e. The van der Waals surface area contributed by atoms with Gasteiger partial charge in [0.2, 0.25) is 0 Å². The fourth-order valence-electron chi connectivity index (χ4n) is 4.31. The summed E-state index contributed by atoms with van der Waals surface area (Å²) >= 11 is 9.29. The van der Waals surface area contributed by atoms with E-state index >= 15 is 0 Å². The minimum atomic E-state index is -0.238. The predicted octanol–water partition coefficient (Wildman–Crippen LogP) is 5.11. The molecule has 1 aromatic carbocycles. The van der Waals surface area contributed by atoms with E-state index in [4.69, 9.17) is 11.6 Å². The van der Waals surface area contributed by atoms with E-state index in [1.54, 1.807) is 12.1 Å². The Hall–Kier alpha value is -0.610. The van der Waals surface area contributed by atoms with E-state index in [0.717, 1.165) is 35.2 Å². The second-order valence-corrected chi connectivity index (χ2v) is 7.58. The van der Waals surface area contributed by atoms with E-state index in [1.807, 2.05) is 0 Å². The van der Waals surface area contributed by atoms with Crippen molar-refractivity contribution in [2.75, 3.05) is 0 Å². The number of hydrogen-bond donors (Lipinski definition) is 0. The molecule has 0 N–H and O–H groups in total. The molecule has 2 bridgehead atoms. The Morgan fingerprint density at radius 1 is 1.33 bits per heavy atom. The van der Waals surface area contributed by atoms with Crippen LogP contribution in [0.2, 0.25) is 0 Å². The lowest BCUT2D eigenvalue weighted by molar-refractivity contribution is 0.296. The Kier molecular flexibility index (Phi) is 3.49. The molecule has 1 heterocycles. The molecule has 2 nitrogen and oxygen atoms in total. The minimum Gasteiger partial charge on any atom is -0.327 e. The molecule has 0 saturated heterocycles. The second kappa shape index (κ2) is 5.24. The van der Waals surface area contributed by atoms with Gasteiger partial charge >= 0.3 is 0 Å². The van der Waals surface area contributed by atoms with E-state index < -0.39 is 0 Å². The summed E-state index contributed by atoms with van der Waals surface area (Å²) in [6.07, 6.45) is 5.45. The van der Waals surface area contributed by atoms with E-state index in [9.17, 15) is 4.39 Å². The molecule has 2 aliphatic rings. The number of hydrogen-bond acceptors (Lipinski definition) is 1. The summed E-state index contributed by atoms with van der Waals surface area (Å²) in [4.78, 5) is 4.57. The van der Waals surface area contributed by atoms with Gasteiger partial charge in [0.1, 0.15) is 11.6 Å². The molecule has 5 heteroatoms. The third kappa shape index (κ3) is 2.31. The van der Waals surface area contributed by atoms with Gasteiger partial charge in [0, 0.05) is 12.6 Å². The highest BCUT2D eigenvalue weighted by Crippen LogP contribution is 2.49. The number of benzene rings is 1. The Labute approximate surface area is 136 Å². The number of nitrogens with zero attached hydrogens (tertiary/aromatic N) is 2. The van der Waals surface area contributed by atoms with E-state index in [0.29, 0.717) is 16.3 Å². The van der Waals surface area contributed by atoms with Gasteiger partial charge in [0.25, 0.3) is 0 Å². The number of rotatable bonds is 3. The molecule has 2 saturated carbocycles. The summed E-state index contributed by atoms with van der Waals surface area (Å²) in [6.45, 7) is 0.931. The summed E-state index contributed by atoms with van der Waals surface area (Å²) in [7, 11) is 0. The van der Waals surface area contributed by atoms with Crippen molar-refractivity contribution in [3.05, 3.63) is 28.2 Å². The number of alkyl halides is 1. The van der Waals surface area contributed by atoms with Crippen molar-refractivity contribution in [1.82, 2.24) is 9.55 Å². The van der Waals surface area contributed by atoms with Crippen LogP contribution >= 0.6 is 27.5 Å². The molecule has 2 aliphatic carbocycles. The number of fused-ring (bicyclic) bond motifs is 3. The first-order valence-electron chi connectivity index (χ1n) is 7.56. The molecular weight excluding hydrogens is 355 g/mol. The summed E-state index contributed by atoms with van der Waals surface area (Å²) in [5.74, 6) is 3.45. The third-order valence-corrected chi connectivity index (χ3v) is 6.14. The van der Waals surface area contributed by atoms with Crippen LogP contribution < -0.4 is 0 Å². The summed E-state index contributed by atoms with van der Waals surface area (Å²) in [6, 6.07) is 3.33. The van der Waals surface area contributed by atoms with E-state index in [-0.39, 0.29) is 5.82 Å². The first-order valence-corrected chi connectivity index (χ1v) is 8.88. The van der Waals surface area contributed by atoms with Gasteiger partial charge in [0.15, 0.2) is 0 Å². The summed E-state index contributed by atoms with van der Waals surface area (Å²) in [5.41, 5.74) is 1.69. The Balaban J connectivity index is 1.74. The number of imidazole rings is 1. The Bertz CT molecular complexity index is 699. The van der Waals surface area contributed by atoms with Crippen molar-refractivity contribution in [1.29, 1.82) is 0 Å². The van der Waals surface area contributed by atoms with Gasteiger partial charge in [-0.25, -0.2) is 9.37 Å². The number of halogens is 3. The first kappa shape index (κ1) is 14.0. The maximum absolute atomic E-state index is 13.9. The molecule has 0 radical (unpaired) electrons. The minimum absolute atomic E-state index is 0.238. The third-order valence-electron chi connectivity index (χ3n) is 5.29. The second-order valence-electron chi connectivity index (χ2n) is 6.46. The summed E-state index contributed by atoms with van der Waals surface area (Å²) < 4.78 is 16.5. The van der Waals surface area contributed by atoms with Gasteiger partial charge in [-0.05, 0) is 59.0 Å². The molecule has 4 rings (SSSR count). The van der Waals surface area contributed by atoms with Crippen molar-refractivity contribution in [3.63, 3.8) is 0 Å². The van der Waals surface area contributed by atoms with E-state index in [2.05, 4.69) is 25.5 Å². The molecule has 0 amide bonds. The van der Waals surface area contributed by atoms with Gasteiger partial charge in [0.05, 0.1) is 21.4 Å². The van der Waals surface area contributed by atoms with Crippen LogP contribution in [-0.4, -0.2) is 9.55 Å². The van der Waals surface area contributed by atoms with Crippen LogP contribution in [0.1, 0.15) is 31.5 Å². The highest BCUT2D eigenvalue weighted by molar-refractivity contribution is 9.10. The Morgan fingerprint density at radius 3 is 2.86 bits per heavy atom. The van der Waals surface area contributed by atoms with Gasteiger partial charge in [-0.1, -0.05) is 6.42 Å². The normalized spacial score (nSPS) is 27.9. The van der Waals surface area contributed by atoms with Gasteiger partial charge < -0.3 is 4.57 Å². The molecule has 21 heavy (non-hydrogen) atoms. The van der Waals surface area contributed by atoms with Crippen molar-refractivity contribution in [2.45, 2.75) is 38.1 Å². The van der Waals surface area contributed by atoms with Crippen molar-refractivity contribution in [2.24, 2.45) is 17.8 Å². The number of aromatic nitrogens is 2. The maximum atomic E-state index is 13.9. The molecule has 1 aromatic heterocycles. The standard InChI is InChI=1S/C16H17BrClFN2/c17-12-5-14-15(6-13(12)19)21(16(7-18)20-14)8-11-4-9-1-2-10(11)3-9/h5-6,9-11H,1-4,7-8H2. The largest absolute Gasteiger partial charge is 0.327 e. The quantitative estimate of drug-likeness (QED) is 0.685. The summed E-state index contributed by atoms with van der Waals surface area (Å²) in [5, 5.41) is 0. The van der Waals surface area contributed by atoms with Gasteiger partial charge in [-0.3, -0.25) is 0 Å². The van der Waals surface area contributed by atoms with Crippen LogP contribution in [0.15, 0.2) is 16.6 Å². The zero-order valence-corrected chi connectivity index (χ0v) is 14.0. The molecule has 3 atom stereocenters. The topological polar surface area (TPSA) is 17.8 Å². The molecular formula is C16H17BrClFN2. The average Bonchev–Trinajstić information content (AvgIpc) is 3.15. The monoisotopic (exact) mass is 370 g/mol. The first-order chi connectivity index (χ1) is 10.2. The molecule has 112 valence electrons. The zero-order valence-electron chi connectivity index (χ0n) is 11.7. The molecule has 0 aliphatic heterocycles. The zero-order chi connectivity index (χ0) is 14.6. The van der Waals surface area contributed by atoms with Gasteiger partial charge in [-0.2, -0.15) is 0 Å².